The Labute approximate surface area is 126 Å². The van der Waals surface area contributed by atoms with Gasteiger partial charge in [-0.2, -0.15) is 4.98 Å². The van der Waals surface area contributed by atoms with E-state index in [0.717, 1.165) is 11.1 Å². The van der Waals surface area contributed by atoms with Gasteiger partial charge in [0.25, 0.3) is 5.56 Å². The van der Waals surface area contributed by atoms with Crippen molar-refractivity contribution in [3.8, 4) is 0 Å². The summed E-state index contributed by atoms with van der Waals surface area (Å²) in [6.07, 6.45) is 0. The Kier molecular flexibility index (Phi) is 3.32. The Morgan fingerprint density at radius 2 is 2.09 bits per heavy atom. The van der Waals surface area contributed by atoms with Crippen molar-refractivity contribution in [2.45, 2.75) is 13.5 Å². The summed E-state index contributed by atoms with van der Waals surface area (Å²) in [7, 11) is 3.32. The number of anilines is 1. The van der Waals surface area contributed by atoms with Gasteiger partial charge in [-0.3, -0.25) is 18.9 Å². The van der Waals surface area contributed by atoms with Gasteiger partial charge in [-0.25, -0.2) is 4.79 Å². The second-order valence-corrected chi connectivity index (χ2v) is 5.25. The number of aromatic amines is 1. The van der Waals surface area contributed by atoms with E-state index < -0.39 is 11.2 Å². The monoisotopic (exact) mass is 299 g/mol. The van der Waals surface area contributed by atoms with Crippen LogP contribution in [-0.4, -0.2) is 26.1 Å². The van der Waals surface area contributed by atoms with E-state index >= 15 is 0 Å². The van der Waals surface area contributed by atoms with Gasteiger partial charge in [-0.1, -0.05) is 29.8 Å². The Bertz CT molecular complexity index is 964. The van der Waals surface area contributed by atoms with Crippen molar-refractivity contribution >= 4 is 17.1 Å². The van der Waals surface area contributed by atoms with Crippen molar-refractivity contribution in [3.05, 3.63) is 56.2 Å². The number of hydrogen-bond donors (Lipinski definition) is 2. The molecule has 114 valence electrons. The molecule has 0 amide bonds. The topological polar surface area (TPSA) is 84.7 Å². The first-order chi connectivity index (χ1) is 10.5. The molecule has 1 aromatic carbocycles. The standard InChI is InChI=1S/C15H17N5O2/c1-9-5-4-6-10(7-9)8-20-11-12(17-14(20)16-2)19(3)15(22)18-13(11)21/h4-7H,8H2,1-3H3,(H,16,17)(H,18,21,22). The zero-order chi connectivity index (χ0) is 15.9. The third-order valence-corrected chi connectivity index (χ3v) is 3.65. The molecule has 7 nitrogen and oxygen atoms in total. The third-order valence-electron chi connectivity index (χ3n) is 3.65. The van der Waals surface area contributed by atoms with Crippen LogP contribution in [-0.2, 0) is 13.6 Å². The first-order valence-electron chi connectivity index (χ1n) is 6.94. The van der Waals surface area contributed by atoms with E-state index in [2.05, 4.69) is 21.4 Å². The highest BCUT2D eigenvalue weighted by Gasteiger charge is 2.16. The maximum Gasteiger partial charge on any atom is 0.329 e. The molecule has 0 unspecified atom stereocenters. The number of hydrogen-bond acceptors (Lipinski definition) is 4. The molecule has 7 heteroatoms. The van der Waals surface area contributed by atoms with E-state index in [0.29, 0.717) is 23.7 Å². The number of fused-ring (bicyclic) bond motifs is 1. The van der Waals surface area contributed by atoms with Gasteiger partial charge < -0.3 is 5.32 Å². The van der Waals surface area contributed by atoms with Crippen LogP contribution in [0, 0.1) is 6.92 Å². The van der Waals surface area contributed by atoms with Gasteiger partial charge in [0, 0.05) is 14.1 Å². The molecule has 0 saturated carbocycles. The summed E-state index contributed by atoms with van der Waals surface area (Å²) in [5, 5.41) is 2.98. The highest BCUT2D eigenvalue weighted by Crippen LogP contribution is 2.17. The molecular formula is C15H17N5O2. The molecule has 3 rings (SSSR count). The molecule has 0 radical (unpaired) electrons. The summed E-state index contributed by atoms with van der Waals surface area (Å²) in [6, 6.07) is 8.05. The van der Waals surface area contributed by atoms with Crippen LogP contribution in [0.1, 0.15) is 11.1 Å². The molecule has 2 heterocycles. The molecule has 0 spiro atoms. The minimum atomic E-state index is -0.472. The molecular weight excluding hydrogens is 282 g/mol. The lowest BCUT2D eigenvalue weighted by atomic mass is 10.1. The van der Waals surface area contributed by atoms with Crippen LogP contribution >= 0.6 is 0 Å². The lowest BCUT2D eigenvalue weighted by Gasteiger charge is -2.08. The number of nitrogens with one attached hydrogen (secondary N) is 2. The summed E-state index contributed by atoms with van der Waals surface area (Å²) in [4.78, 5) is 30.6. The lowest BCUT2D eigenvalue weighted by Crippen LogP contribution is -2.29. The summed E-state index contributed by atoms with van der Waals surface area (Å²) in [5.41, 5.74) is 2.05. The summed E-state index contributed by atoms with van der Waals surface area (Å²) in [6.45, 7) is 2.51. The number of rotatable bonds is 3. The Balaban J connectivity index is 2.26. The van der Waals surface area contributed by atoms with Crippen LogP contribution in [0.25, 0.3) is 11.2 Å². The van der Waals surface area contributed by atoms with Crippen molar-refractivity contribution in [2.75, 3.05) is 12.4 Å². The molecule has 0 aliphatic rings. The molecule has 2 aromatic heterocycles. The average Bonchev–Trinajstić information content (AvgIpc) is 2.84. The fourth-order valence-corrected chi connectivity index (χ4v) is 2.57. The van der Waals surface area contributed by atoms with E-state index in [4.69, 9.17) is 0 Å². The Morgan fingerprint density at radius 1 is 1.32 bits per heavy atom. The first-order valence-corrected chi connectivity index (χ1v) is 6.94. The van der Waals surface area contributed by atoms with E-state index in [1.54, 1.807) is 18.7 Å². The van der Waals surface area contributed by atoms with Crippen LogP contribution < -0.4 is 16.6 Å². The molecule has 0 aliphatic carbocycles. The van der Waals surface area contributed by atoms with Crippen molar-refractivity contribution in [1.29, 1.82) is 0 Å². The predicted octanol–water partition coefficient (Wildman–Crippen LogP) is 0.822. The van der Waals surface area contributed by atoms with Crippen LogP contribution in [0.3, 0.4) is 0 Å². The van der Waals surface area contributed by atoms with Crippen molar-refractivity contribution in [3.63, 3.8) is 0 Å². The highest BCUT2D eigenvalue weighted by atomic mass is 16.2. The van der Waals surface area contributed by atoms with E-state index in [9.17, 15) is 9.59 Å². The Hall–Kier alpha value is -2.83. The third kappa shape index (κ3) is 2.20. The van der Waals surface area contributed by atoms with Gasteiger partial charge in [0.05, 0.1) is 6.54 Å². The van der Waals surface area contributed by atoms with Crippen molar-refractivity contribution in [2.24, 2.45) is 7.05 Å². The maximum absolute atomic E-state index is 12.2. The zero-order valence-corrected chi connectivity index (χ0v) is 12.7. The van der Waals surface area contributed by atoms with Gasteiger partial charge in [0.15, 0.2) is 11.2 Å². The molecule has 2 N–H and O–H groups in total. The second kappa shape index (κ2) is 5.18. The minimum absolute atomic E-state index is 0.366. The van der Waals surface area contributed by atoms with Crippen LogP contribution in [0.4, 0.5) is 5.95 Å². The van der Waals surface area contributed by atoms with Crippen LogP contribution in [0.2, 0.25) is 0 Å². The molecule has 0 saturated heterocycles. The molecule has 0 bridgehead atoms. The second-order valence-electron chi connectivity index (χ2n) is 5.25. The normalized spacial score (nSPS) is 11.0. The molecule has 0 fully saturated rings. The summed E-state index contributed by atoms with van der Waals surface area (Å²) >= 11 is 0. The van der Waals surface area contributed by atoms with Crippen molar-refractivity contribution in [1.82, 2.24) is 19.1 Å². The van der Waals surface area contributed by atoms with Gasteiger partial charge >= 0.3 is 5.69 Å². The summed E-state index contributed by atoms with van der Waals surface area (Å²) in [5.74, 6) is 0.545. The SMILES string of the molecule is CNc1nc2c(c(=O)[nH]c(=O)n2C)n1Cc1cccc(C)c1. The maximum atomic E-state index is 12.2. The zero-order valence-electron chi connectivity index (χ0n) is 12.7. The lowest BCUT2D eigenvalue weighted by molar-refractivity contribution is 0.809. The van der Waals surface area contributed by atoms with Crippen LogP contribution in [0.15, 0.2) is 33.9 Å². The fraction of sp³-hybridized carbons (Fsp3) is 0.267. The molecule has 3 aromatic rings. The molecule has 0 aliphatic heterocycles. The van der Waals surface area contributed by atoms with Gasteiger partial charge in [-0.15, -0.1) is 0 Å². The summed E-state index contributed by atoms with van der Waals surface area (Å²) < 4.78 is 3.12. The Morgan fingerprint density at radius 3 is 2.77 bits per heavy atom. The van der Waals surface area contributed by atoms with Gasteiger partial charge in [-0.05, 0) is 12.5 Å². The molecule has 22 heavy (non-hydrogen) atoms. The number of aryl methyl sites for hydroxylation is 2. The number of H-pyrrole nitrogens is 1. The smallest absolute Gasteiger partial charge is 0.329 e. The van der Waals surface area contributed by atoms with Crippen molar-refractivity contribution < 1.29 is 0 Å². The first kappa shape index (κ1) is 14.1. The quantitative estimate of drug-likeness (QED) is 0.750. The van der Waals surface area contributed by atoms with E-state index in [-0.39, 0.29) is 0 Å². The van der Waals surface area contributed by atoms with Crippen LogP contribution in [0.5, 0.6) is 0 Å². The number of nitrogens with zero attached hydrogens (tertiary/aromatic N) is 3. The highest BCUT2D eigenvalue weighted by molar-refractivity contribution is 5.74. The minimum Gasteiger partial charge on any atom is -0.359 e. The van der Waals surface area contributed by atoms with Gasteiger partial charge in [0.2, 0.25) is 5.95 Å². The number of aromatic nitrogens is 4. The molecule has 0 atom stereocenters. The van der Waals surface area contributed by atoms with Gasteiger partial charge in [0.1, 0.15) is 0 Å². The average molecular weight is 299 g/mol. The van der Waals surface area contributed by atoms with E-state index in [1.807, 2.05) is 25.1 Å². The number of imidazole rings is 1. The largest absolute Gasteiger partial charge is 0.359 e. The number of benzene rings is 1. The predicted molar refractivity (Wildman–Crippen MR) is 85.4 cm³/mol. The van der Waals surface area contributed by atoms with E-state index in [1.165, 1.54) is 4.57 Å². The fourth-order valence-electron chi connectivity index (χ4n) is 2.57.